The summed E-state index contributed by atoms with van der Waals surface area (Å²) in [6, 6.07) is 0. The maximum Gasteiger partial charge on any atom is 0.333 e. The highest BCUT2D eigenvalue weighted by Gasteiger charge is 2.00. The Morgan fingerprint density at radius 2 is 1.56 bits per heavy atom. The third-order valence-electron chi connectivity index (χ3n) is 1.44. The highest BCUT2D eigenvalue weighted by Crippen LogP contribution is 1.94. The Kier molecular flexibility index (Phi) is 18.8. The van der Waals surface area contributed by atoms with Crippen molar-refractivity contribution in [2.75, 3.05) is 6.61 Å². The first-order valence-corrected chi connectivity index (χ1v) is 5.65. The zero-order valence-corrected chi connectivity index (χ0v) is 12.1. The van der Waals surface area contributed by atoms with E-state index >= 15 is 0 Å². The maximum absolute atomic E-state index is 10.7. The minimum Gasteiger partial charge on any atom is -0.478 e. The van der Waals surface area contributed by atoms with E-state index in [0.29, 0.717) is 12.2 Å². The molecular weight excluding hydrogens is 255 g/mol. The largest absolute Gasteiger partial charge is 0.478 e. The molecule has 0 radical (unpaired) electrons. The number of rotatable bonds is 5. The zero-order chi connectivity index (χ0) is 15.1. The summed E-state index contributed by atoms with van der Waals surface area (Å²) in [5, 5.41) is 7.89. The molecule has 0 amide bonds. The van der Waals surface area contributed by atoms with Gasteiger partial charge in [-0.3, -0.25) is 4.57 Å². The normalized spacial score (nSPS) is 7.72. The molecule has 1 N–H and O–H groups in total. The van der Waals surface area contributed by atoms with Gasteiger partial charge >= 0.3 is 11.9 Å². The van der Waals surface area contributed by atoms with Crippen LogP contribution < -0.4 is 0 Å². The molecule has 0 heterocycles. The summed E-state index contributed by atoms with van der Waals surface area (Å²) in [4.78, 5) is 20.3. The molecule has 0 aromatic rings. The van der Waals surface area contributed by atoms with E-state index in [4.69, 9.17) is 14.4 Å². The second-order valence-corrected chi connectivity index (χ2v) is 3.36. The Bertz CT molecular complexity index is 274. The maximum atomic E-state index is 10.7. The lowest BCUT2D eigenvalue weighted by Crippen LogP contribution is -2.05. The van der Waals surface area contributed by atoms with Crippen LogP contribution in [0.3, 0.4) is 0 Å². The average molecular weight is 276 g/mol. The predicted molar refractivity (Wildman–Crippen MR) is 72.1 cm³/mol. The van der Waals surface area contributed by atoms with Crippen LogP contribution in [0.25, 0.3) is 0 Å². The monoisotopic (exact) mass is 276 g/mol. The van der Waals surface area contributed by atoms with Gasteiger partial charge in [0.05, 0.1) is 6.61 Å². The minimum absolute atomic E-state index is 0.176. The van der Waals surface area contributed by atoms with Crippen LogP contribution >= 0.6 is 9.12 Å². The van der Waals surface area contributed by atoms with Crippen molar-refractivity contribution in [1.29, 1.82) is 0 Å². The Labute approximate surface area is 110 Å². The topological polar surface area (TPSA) is 80.7 Å². The van der Waals surface area contributed by atoms with E-state index in [9.17, 15) is 9.59 Å². The lowest BCUT2D eigenvalue weighted by Gasteiger charge is -2.01. The Hall–Kier alpha value is -1.48. The van der Waals surface area contributed by atoms with Gasteiger partial charge in [0.2, 0.25) is 0 Å². The zero-order valence-electron chi connectivity index (χ0n) is 11.1. The number of hydrogen-bond donors (Lipinski definition) is 1. The van der Waals surface area contributed by atoms with Crippen molar-refractivity contribution in [3.63, 3.8) is 0 Å². The van der Waals surface area contributed by atoms with Gasteiger partial charge in [-0.05, 0) is 20.3 Å². The number of carbonyl (C=O) groups is 2. The van der Waals surface area contributed by atoms with Crippen molar-refractivity contribution in [3.05, 3.63) is 24.3 Å². The number of carboxylic acid groups (broad SMARTS) is 1. The Morgan fingerprint density at radius 1 is 1.17 bits per heavy atom. The van der Waals surface area contributed by atoms with Gasteiger partial charge in [0.1, 0.15) is 9.12 Å². The predicted octanol–water partition coefficient (Wildman–Crippen LogP) is 3.03. The molecule has 0 aliphatic heterocycles. The number of aliphatic carboxylic acids is 1. The second-order valence-electron chi connectivity index (χ2n) is 3.36. The summed E-state index contributed by atoms with van der Waals surface area (Å²) in [6.45, 7) is 12.3. The molecule has 0 unspecified atom stereocenters. The summed E-state index contributed by atoms with van der Waals surface area (Å²) < 4.78 is 12.9. The van der Waals surface area contributed by atoms with Crippen LogP contribution in [0, 0.1) is 0 Å². The molecule has 6 heteroatoms. The molecular formula is C12H21O5P. The van der Waals surface area contributed by atoms with E-state index in [-0.39, 0.29) is 11.5 Å². The molecule has 0 aliphatic carbocycles. The van der Waals surface area contributed by atoms with Crippen LogP contribution in [0.4, 0.5) is 0 Å². The Morgan fingerprint density at radius 3 is 1.78 bits per heavy atom. The van der Waals surface area contributed by atoms with Crippen LogP contribution in [0.1, 0.15) is 33.6 Å². The van der Waals surface area contributed by atoms with E-state index < -0.39 is 5.97 Å². The molecule has 0 aliphatic rings. The number of hydrogen-bond acceptors (Lipinski definition) is 4. The molecule has 0 rings (SSSR count). The second kappa shape index (κ2) is 15.5. The molecule has 0 aromatic heterocycles. The summed E-state index contributed by atoms with van der Waals surface area (Å²) in [5.74, 6) is -1.22. The summed E-state index contributed by atoms with van der Waals surface area (Å²) in [5.41, 5.74) is 0.645. The average Bonchev–Trinajstić information content (AvgIpc) is 2.32. The van der Waals surface area contributed by atoms with Crippen molar-refractivity contribution in [3.8, 4) is 0 Å². The molecule has 5 nitrogen and oxygen atoms in total. The molecule has 0 bridgehead atoms. The first-order chi connectivity index (χ1) is 8.32. The SMILES string of the molecule is C=C(C)C(=O)O.C=C(C)C(=O)OCCCC.O=P. The highest BCUT2D eigenvalue weighted by molar-refractivity contribution is 7.00. The third kappa shape index (κ3) is 20.0. The highest BCUT2D eigenvalue weighted by atomic mass is 31.0. The van der Waals surface area contributed by atoms with E-state index in [1.54, 1.807) is 16.0 Å². The number of ether oxygens (including phenoxy) is 1. The fraction of sp³-hybridized carbons (Fsp3) is 0.500. The third-order valence-corrected chi connectivity index (χ3v) is 1.44. The van der Waals surface area contributed by atoms with Crippen molar-refractivity contribution < 1.29 is 24.0 Å². The van der Waals surface area contributed by atoms with Crippen LogP contribution in [0.15, 0.2) is 24.3 Å². The molecule has 0 fully saturated rings. The van der Waals surface area contributed by atoms with Gasteiger partial charge in [-0.15, -0.1) is 0 Å². The number of carbonyl (C=O) groups excluding carboxylic acids is 1. The summed E-state index contributed by atoms with van der Waals surface area (Å²) in [6.07, 6.45) is 1.97. The fourth-order valence-electron chi connectivity index (χ4n) is 0.432. The van der Waals surface area contributed by atoms with Crippen molar-refractivity contribution in [2.45, 2.75) is 33.6 Å². The number of carboxylic acids is 1. The molecule has 0 atom stereocenters. The van der Waals surface area contributed by atoms with Crippen LogP contribution in [0.5, 0.6) is 0 Å². The molecule has 0 spiro atoms. The molecule has 18 heavy (non-hydrogen) atoms. The van der Waals surface area contributed by atoms with E-state index in [1.165, 1.54) is 6.92 Å². The van der Waals surface area contributed by atoms with Crippen molar-refractivity contribution in [1.82, 2.24) is 0 Å². The van der Waals surface area contributed by atoms with E-state index in [1.807, 2.05) is 0 Å². The first kappa shape index (κ1) is 21.8. The number of esters is 1. The van der Waals surface area contributed by atoms with Gasteiger partial charge in [-0.25, -0.2) is 9.59 Å². The smallest absolute Gasteiger partial charge is 0.333 e. The molecule has 104 valence electrons. The Balaban J connectivity index is -0.000000241. The van der Waals surface area contributed by atoms with Crippen molar-refractivity contribution >= 4 is 21.1 Å². The first-order valence-electron chi connectivity index (χ1n) is 5.24. The number of unbranched alkanes of at least 4 members (excludes halogenated alkanes) is 1. The van der Waals surface area contributed by atoms with Gasteiger partial charge in [0.15, 0.2) is 0 Å². The van der Waals surface area contributed by atoms with Crippen LogP contribution in [-0.4, -0.2) is 23.7 Å². The van der Waals surface area contributed by atoms with Gasteiger partial charge < -0.3 is 9.84 Å². The molecule has 0 saturated carbocycles. The summed E-state index contributed by atoms with van der Waals surface area (Å²) >= 11 is 0. The van der Waals surface area contributed by atoms with Crippen LogP contribution in [0.2, 0.25) is 0 Å². The van der Waals surface area contributed by atoms with E-state index in [2.05, 4.69) is 20.1 Å². The quantitative estimate of drug-likeness (QED) is 0.361. The van der Waals surface area contributed by atoms with Gasteiger partial charge in [-0.1, -0.05) is 26.5 Å². The van der Waals surface area contributed by atoms with Gasteiger partial charge in [-0.2, -0.15) is 0 Å². The standard InChI is InChI=1S/C8H14O2.C4H6O2.HOP/c1-4-5-6-10-8(9)7(2)3;1-3(2)4(5)6;1-2/h2,4-6H2,1,3H3;1H2,2H3,(H,5,6);2H. The van der Waals surface area contributed by atoms with Crippen LogP contribution in [-0.2, 0) is 18.9 Å². The van der Waals surface area contributed by atoms with E-state index in [0.717, 1.165) is 12.8 Å². The van der Waals surface area contributed by atoms with Gasteiger partial charge in [0, 0.05) is 11.1 Å². The molecule has 0 aromatic carbocycles. The lowest BCUT2D eigenvalue weighted by molar-refractivity contribution is -0.139. The fourth-order valence-corrected chi connectivity index (χ4v) is 0.432. The lowest BCUT2D eigenvalue weighted by atomic mass is 10.3. The van der Waals surface area contributed by atoms with Gasteiger partial charge in [0.25, 0.3) is 0 Å². The molecule has 0 saturated heterocycles. The van der Waals surface area contributed by atoms with Crippen molar-refractivity contribution in [2.24, 2.45) is 0 Å². The summed E-state index contributed by atoms with van der Waals surface area (Å²) in [7, 11) is 1.72. The minimum atomic E-state index is -0.935.